The lowest BCUT2D eigenvalue weighted by Gasteiger charge is -2.30. The molecule has 0 aliphatic rings. The highest BCUT2D eigenvalue weighted by atomic mass is 19.1. The van der Waals surface area contributed by atoms with Crippen molar-refractivity contribution in [2.24, 2.45) is 5.73 Å². The Labute approximate surface area is 207 Å². The summed E-state index contributed by atoms with van der Waals surface area (Å²) in [5.74, 6) is -0.770. The van der Waals surface area contributed by atoms with E-state index >= 15 is 0 Å². The number of aromatic nitrogens is 2. The molecule has 0 spiro atoms. The van der Waals surface area contributed by atoms with Crippen molar-refractivity contribution in [1.82, 2.24) is 14.7 Å². The smallest absolute Gasteiger partial charge is 0.270 e. The van der Waals surface area contributed by atoms with Gasteiger partial charge in [-0.1, -0.05) is 18.2 Å². The Morgan fingerprint density at radius 3 is 2.42 bits per heavy atom. The maximum absolute atomic E-state index is 14.1. The number of fused-ring (bicyclic) bond motifs is 1. The van der Waals surface area contributed by atoms with Crippen LogP contribution < -0.4 is 20.5 Å². The van der Waals surface area contributed by atoms with E-state index in [1.165, 1.54) is 18.2 Å². The van der Waals surface area contributed by atoms with Crippen LogP contribution >= 0.6 is 0 Å². The fourth-order valence-corrected chi connectivity index (χ4v) is 4.07. The summed E-state index contributed by atoms with van der Waals surface area (Å²) in [7, 11) is 1.58. The molecular weight excluding hydrogens is 466 g/mol. The molecule has 0 bridgehead atoms. The zero-order chi connectivity index (χ0) is 26.0. The highest BCUT2D eigenvalue weighted by molar-refractivity contribution is 5.95. The second-order valence-corrected chi connectivity index (χ2v) is 8.83. The molecule has 3 N–H and O–H groups in total. The van der Waals surface area contributed by atoms with Gasteiger partial charge in [0.15, 0.2) is 11.4 Å². The van der Waals surface area contributed by atoms with Gasteiger partial charge in [0.1, 0.15) is 29.7 Å². The number of hydrogen-bond acceptors (Lipinski definition) is 5. The summed E-state index contributed by atoms with van der Waals surface area (Å²) in [4.78, 5) is 18.0. The number of ether oxygens (including phenoxy) is 2. The number of imidazole rings is 1. The fraction of sp³-hybridized carbons (Fsp3) is 0.259. The van der Waals surface area contributed by atoms with E-state index in [1.54, 1.807) is 42.8 Å². The molecule has 9 heteroatoms. The van der Waals surface area contributed by atoms with Crippen LogP contribution in [0.25, 0.3) is 5.65 Å². The van der Waals surface area contributed by atoms with Crippen molar-refractivity contribution in [3.63, 3.8) is 0 Å². The lowest BCUT2D eigenvalue weighted by atomic mass is 9.91. The summed E-state index contributed by atoms with van der Waals surface area (Å²) in [6, 6.07) is 12.7. The van der Waals surface area contributed by atoms with Crippen LogP contribution in [-0.4, -0.2) is 28.9 Å². The van der Waals surface area contributed by atoms with E-state index in [0.29, 0.717) is 28.5 Å². The summed E-state index contributed by atoms with van der Waals surface area (Å²) < 4.78 is 40.8. The first kappa shape index (κ1) is 25.1. The number of carbonyl (C=O) groups excluding carboxylic acids is 1. The standard InChI is InChI=1S/C27H28F2N4O3/c1-16-12-23(36-14-20-21(28)6-5-7-22(20)29)25-31-17(2)24(33(25)13-16)26(34)32-27(3,15-30)18-8-10-19(35-4)11-9-18/h5-13H,14-15,30H2,1-4H3,(H,32,34). The average molecular weight is 495 g/mol. The van der Waals surface area contributed by atoms with E-state index in [2.05, 4.69) is 10.3 Å². The molecule has 2 aromatic carbocycles. The van der Waals surface area contributed by atoms with Crippen molar-refractivity contribution >= 4 is 11.6 Å². The minimum atomic E-state index is -0.856. The van der Waals surface area contributed by atoms with Crippen LogP contribution in [0, 0.1) is 25.5 Å². The SMILES string of the molecule is COc1ccc(C(C)(CN)NC(=O)c2c(C)nc3c(OCc4c(F)cccc4F)cc(C)cn23)cc1. The molecule has 7 nitrogen and oxygen atoms in total. The first-order valence-corrected chi connectivity index (χ1v) is 11.4. The van der Waals surface area contributed by atoms with Crippen molar-refractivity contribution in [2.45, 2.75) is 32.9 Å². The Balaban J connectivity index is 1.67. The van der Waals surface area contributed by atoms with Crippen molar-refractivity contribution in [2.75, 3.05) is 13.7 Å². The van der Waals surface area contributed by atoms with Gasteiger partial charge in [0.2, 0.25) is 0 Å². The Morgan fingerprint density at radius 1 is 1.14 bits per heavy atom. The second kappa shape index (κ2) is 9.94. The molecule has 4 aromatic rings. The third-order valence-electron chi connectivity index (χ3n) is 6.17. The molecule has 0 aliphatic heterocycles. The molecule has 2 aromatic heterocycles. The van der Waals surface area contributed by atoms with Gasteiger partial charge in [-0.05, 0) is 62.2 Å². The molecule has 0 fully saturated rings. The molecule has 0 saturated heterocycles. The highest BCUT2D eigenvalue weighted by Gasteiger charge is 2.30. The number of nitrogens with two attached hydrogens (primary N) is 1. The zero-order valence-corrected chi connectivity index (χ0v) is 20.6. The molecule has 1 amide bonds. The minimum absolute atomic E-state index is 0.155. The highest BCUT2D eigenvalue weighted by Crippen LogP contribution is 2.28. The number of amides is 1. The molecule has 1 atom stereocenters. The largest absolute Gasteiger partial charge is 0.497 e. The van der Waals surface area contributed by atoms with Gasteiger partial charge < -0.3 is 20.5 Å². The average Bonchev–Trinajstić information content (AvgIpc) is 3.19. The Morgan fingerprint density at radius 2 is 1.81 bits per heavy atom. The molecule has 188 valence electrons. The molecule has 36 heavy (non-hydrogen) atoms. The lowest BCUT2D eigenvalue weighted by Crippen LogP contribution is -2.49. The van der Waals surface area contributed by atoms with Crippen molar-refractivity contribution in [1.29, 1.82) is 0 Å². The molecular formula is C27H28F2N4O3. The van der Waals surface area contributed by atoms with Crippen LogP contribution in [0.3, 0.4) is 0 Å². The number of pyridine rings is 1. The summed E-state index contributed by atoms with van der Waals surface area (Å²) in [6.07, 6.45) is 1.76. The van der Waals surface area contributed by atoms with Crippen LogP contribution in [0.2, 0.25) is 0 Å². The summed E-state index contributed by atoms with van der Waals surface area (Å²) in [6.45, 7) is 5.21. The number of halogens is 2. The number of nitrogens with zero attached hydrogens (tertiary/aromatic N) is 2. The third-order valence-corrected chi connectivity index (χ3v) is 6.17. The number of rotatable bonds is 8. The minimum Gasteiger partial charge on any atom is -0.497 e. The maximum Gasteiger partial charge on any atom is 0.270 e. The van der Waals surface area contributed by atoms with Crippen LogP contribution in [0.4, 0.5) is 8.78 Å². The number of hydrogen-bond donors (Lipinski definition) is 2. The van der Waals surface area contributed by atoms with Gasteiger partial charge in [0.25, 0.3) is 5.91 Å². The van der Waals surface area contributed by atoms with Gasteiger partial charge in [-0.15, -0.1) is 0 Å². The van der Waals surface area contributed by atoms with Crippen molar-refractivity contribution in [3.8, 4) is 11.5 Å². The number of methoxy groups -OCH3 is 1. The molecule has 0 radical (unpaired) electrons. The number of benzene rings is 2. The van der Waals surface area contributed by atoms with E-state index in [9.17, 15) is 13.6 Å². The van der Waals surface area contributed by atoms with Crippen LogP contribution in [-0.2, 0) is 12.1 Å². The van der Waals surface area contributed by atoms with Gasteiger partial charge in [-0.3, -0.25) is 9.20 Å². The molecule has 4 rings (SSSR count). The quantitative estimate of drug-likeness (QED) is 0.378. The Hall–Kier alpha value is -3.98. The third kappa shape index (κ3) is 4.74. The van der Waals surface area contributed by atoms with E-state index in [0.717, 1.165) is 11.1 Å². The monoisotopic (exact) mass is 494 g/mol. The fourth-order valence-electron chi connectivity index (χ4n) is 4.07. The predicted molar refractivity (Wildman–Crippen MR) is 132 cm³/mol. The number of nitrogens with one attached hydrogen (secondary N) is 1. The summed E-state index contributed by atoms with van der Waals surface area (Å²) >= 11 is 0. The van der Waals surface area contributed by atoms with Crippen LogP contribution in [0.5, 0.6) is 11.5 Å². The summed E-state index contributed by atoms with van der Waals surface area (Å²) in [5.41, 5.74) is 7.77. The van der Waals surface area contributed by atoms with E-state index in [4.69, 9.17) is 15.2 Å². The van der Waals surface area contributed by atoms with Crippen molar-refractivity contribution in [3.05, 3.63) is 94.4 Å². The lowest BCUT2D eigenvalue weighted by molar-refractivity contribution is 0.0900. The molecule has 0 saturated carbocycles. The van der Waals surface area contributed by atoms with E-state index in [1.807, 2.05) is 26.0 Å². The topological polar surface area (TPSA) is 90.9 Å². The predicted octanol–water partition coefficient (Wildman–Crippen LogP) is 4.42. The second-order valence-electron chi connectivity index (χ2n) is 8.83. The molecule has 0 aliphatic carbocycles. The number of aryl methyl sites for hydroxylation is 2. The van der Waals surface area contributed by atoms with Gasteiger partial charge >= 0.3 is 0 Å². The van der Waals surface area contributed by atoms with E-state index < -0.39 is 17.2 Å². The normalized spacial score (nSPS) is 12.9. The maximum atomic E-state index is 14.1. The van der Waals surface area contributed by atoms with Crippen molar-refractivity contribution < 1.29 is 23.0 Å². The Kier molecular flexibility index (Phi) is 6.94. The van der Waals surface area contributed by atoms with Gasteiger partial charge in [0, 0.05) is 12.7 Å². The molecule has 2 heterocycles. The Bertz CT molecular complexity index is 1400. The molecule has 1 unspecified atom stereocenters. The summed E-state index contributed by atoms with van der Waals surface area (Å²) in [5, 5.41) is 3.04. The van der Waals surface area contributed by atoms with Gasteiger partial charge in [-0.2, -0.15) is 0 Å². The van der Waals surface area contributed by atoms with Crippen LogP contribution in [0.15, 0.2) is 54.7 Å². The first-order chi connectivity index (χ1) is 17.2. The van der Waals surface area contributed by atoms with Gasteiger partial charge in [-0.25, -0.2) is 13.8 Å². The number of carbonyl (C=O) groups is 1. The van der Waals surface area contributed by atoms with Crippen LogP contribution in [0.1, 0.15) is 39.8 Å². The zero-order valence-electron chi connectivity index (χ0n) is 20.6. The van der Waals surface area contributed by atoms with Gasteiger partial charge in [0.05, 0.1) is 23.9 Å². The van der Waals surface area contributed by atoms with E-state index in [-0.39, 0.29) is 24.6 Å². The first-order valence-electron chi connectivity index (χ1n) is 11.4.